The molecule has 0 bridgehead atoms. The van der Waals surface area contributed by atoms with Crippen molar-refractivity contribution in [3.63, 3.8) is 0 Å². The van der Waals surface area contributed by atoms with Crippen LogP contribution in [0.1, 0.15) is 28.7 Å². The topological polar surface area (TPSA) is 75.4 Å². The van der Waals surface area contributed by atoms with E-state index in [1.807, 2.05) is 0 Å². The fourth-order valence-corrected chi connectivity index (χ4v) is 2.34. The van der Waals surface area contributed by atoms with Crippen LogP contribution in [0.5, 0.6) is 0 Å². The molecule has 98 valence electrons. The predicted molar refractivity (Wildman–Crippen MR) is 64.6 cm³/mol. The van der Waals surface area contributed by atoms with Crippen molar-refractivity contribution in [1.82, 2.24) is 14.7 Å². The summed E-state index contributed by atoms with van der Waals surface area (Å²) in [4.78, 5) is 24.5. The zero-order valence-electron chi connectivity index (χ0n) is 10.2. The lowest BCUT2D eigenvalue weighted by atomic mass is 10.0. The van der Waals surface area contributed by atoms with E-state index in [9.17, 15) is 9.59 Å². The van der Waals surface area contributed by atoms with Gasteiger partial charge in [0, 0.05) is 37.8 Å². The molecule has 6 nitrogen and oxygen atoms in total. The molecule has 0 saturated heterocycles. The summed E-state index contributed by atoms with van der Waals surface area (Å²) in [6.45, 7) is 2.42. The van der Waals surface area contributed by atoms with E-state index in [0.29, 0.717) is 18.5 Å². The Morgan fingerprint density at radius 1 is 1.50 bits per heavy atom. The normalized spacial score (nSPS) is 16.3. The molecule has 1 amide bonds. The highest BCUT2D eigenvalue weighted by atomic mass is 35.5. The first-order valence-corrected chi connectivity index (χ1v) is 6.06. The minimum atomic E-state index is -1.07. The lowest BCUT2D eigenvalue weighted by molar-refractivity contribution is -0.131. The van der Waals surface area contributed by atoms with Crippen LogP contribution in [-0.4, -0.2) is 43.6 Å². The predicted octanol–water partition coefficient (Wildman–Crippen LogP) is 0.630. The zero-order valence-corrected chi connectivity index (χ0v) is 10.9. The van der Waals surface area contributed by atoms with E-state index in [0.717, 1.165) is 5.69 Å². The first-order chi connectivity index (χ1) is 8.41. The van der Waals surface area contributed by atoms with Crippen LogP contribution in [0.2, 0.25) is 0 Å². The molecule has 0 aromatic carbocycles. The van der Waals surface area contributed by atoms with Crippen LogP contribution < -0.4 is 0 Å². The molecule has 0 spiro atoms. The van der Waals surface area contributed by atoms with E-state index in [2.05, 4.69) is 5.10 Å². The van der Waals surface area contributed by atoms with Crippen molar-refractivity contribution in [3.05, 3.63) is 17.0 Å². The summed E-state index contributed by atoms with van der Waals surface area (Å²) in [6, 6.07) is 0. The van der Waals surface area contributed by atoms with E-state index in [1.54, 1.807) is 23.6 Å². The maximum Gasteiger partial charge on any atom is 0.356 e. The fraction of sp³-hybridized carbons (Fsp3) is 0.545. The van der Waals surface area contributed by atoms with Gasteiger partial charge in [0.15, 0.2) is 5.69 Å². The van der Waals surface area contributed by atoms with Crippen LogP contribution in [0.3, 0.4) is 0 Å². The molecular weight excluding hydrogens is 258 g/mol. The van der Waals surface area contributed by atoms with Crippen molar-refractivity contribution in [2.75, 3.05) is 6.54 Å². The smallest absolute Gasteiger partial charge is 0.356 e. The number of rotatable bonds is 2. The third-order valence-electron chi connectivity index (χ3n) is 3.10. The number of carboxylic acid groups (broad SMARTS) is 1. The van der Waals surface area contributed by atoms with Gasteiger partial charge in [-0.3, -0.25) is 9.48 Å². The van der Waals surface area contributed by atoms with Crippen molar-refractivity contribution in [2.45, 2.75) is 25.3 Å². The molecule has 7 heteroatoms. The van der Waals surface area contributed by atoms with Gasteiger partial charge in [0.1, 0.15) is 5.38 Å². The summed E-state index contributed by atoms with van der Waals surface area (Å²) in [6.07, 6.45) is 0.599. The molecule has 0 saturated carbocycles. The van der Waals surface area contributed by atoms with Crippen LogP contribution in [0.15, 0.2) is 0 Å². The van der Waals surface area contributed by atoms with E-state index in [-0.39, 0.29) is 18.1 Å². The molecule has 1 aliphatic heterocycles. The molecule has 1 aromatic rings. The summed E-state index contributed by atoms with van der Waals surface area (Å²) in [5.74, 6) is -1.25. The number of halogens is 1. The first kappa shape index (κ1) is 12.9. The Bertz CT molecular complexity index is 510. The number of carboxylic acids is 1. The maximum absolute atomic E-state index is 11.8. The summed E-state index contributed by atoms with van der Waals surface area (Å²) in [7, 11) is 1.72. The Balaban J connectivity index is 2.33. The second-order valence-electron chi connectivity index (χ2n) is 4.33. The number of amides is 1. The second-order valence-corrected chi connectivity index (χ2v) is 4.98. The number of carbonyl (C=O) groups is 2. The largest absolute Gasteiger partial charge is 0.476 e. The minimum absolute atomic E-state index is 0.0206. The van der Waals surface area contributed by atoms with Crippen molar-refractivity contribution < 1.29 is 14.7 Å². The number of nitrogens with zero attached hydrogens (tertiary/aromatic N) is 3. The molecule has 0 aliphatic carbocycles. The van der Waals surface area contributed by atoms with Gasteiger partial charge < -0.3 is 10.0 Å². The Kier molecular flexibility index (Phi) is 3.30. The number of carbonyl (C=O) groups excluding carboxylic acids is 1. The van der Waals surface area contributed by atoms with Gasteiger partial charge >= 0.3 is 5.97 Å². The van der Waals surface area contributed by atoms with Crippen LogP contribution in [-0.2, 0) is 24.8 Å². The highest BCUT2D eigenvalue weighted by molar-refractivity contribution is 6.30. The molecule has 0 fully saturated rings. The third-order valence-corrected chi connectivity index (χ3v) is 3.28. The van der Waals surface area contributed by atoms with Gasteiger partial charge in [-0.05, 0) is 6.92 Å². The fourth-order valence-electron chi connectivity index (χ4n) is 2.20. The molecule has 1 N–H and O–H groups in total. The van der Waals surface area contributed by atoms with Crippen LogP contribution in [0, 0.1) is 0 Å². The standard InChI is InChI=1S/C11H14ClN3O3/c1-6(12)10(16)15-4-3-8-7(5-15)9(11(17)18)13-14(8)2/h6H,3-5H2,1-2H3,(H,17,18). The second kappa shape index (κ2) is 4.61. The molecule has 18 heavy (non-hydrogen) atoms. The summed E-state index contributed by atoms with van der Waals surface area (Å²) in [5.41, 5.74) is 1.51. The lowest BCUT2D eigenvalue weighted by Gasteiger charge is -2.28. The van der Waals surface area contributed by atoms with Crippen LogP contribution in [0.4, 0.5) is 0 Å². The molecule has 1 atom stereocenters. The molecule has 1 aromatic heterocycles. The van der Waals surface area contributed by atoms with Crippen LogP contribution in [0.25, 0.3) is 0 Å². The molecular formula is C11H14ClN3O3. The molecule has 2 rings (SSSR count). The van der Waals surface area contributed by atoms with E-state index < -0.39 is 11.3 Å². The number of aromatic carboxylic acids is 1. The Morgan fingerprint density at radius 3 is 2.72 bits per heavy atom. The number of hydrogen-bond donors (Lipinski definition) is 1. The monoisotopic (exact) mass is 271 g/mol. The third kappa shape index (κ3) is 2.08. The Hall–Kier alpha value is -1.56. The average Bonchev–Trinajstić information content (AvgIpc) is 2.65. The van der Waals surface area contributed by atoms with Gasteiger partial charge in [-0.1, -0.05) is 0 Å². The lowest BCUT2D eigenvalue weighted by Crippen LogP contribution is -2.40. The molecule has 0 radical (unpaired) electrons. The van der Waals surface area contributed by atoms with Crippen LogP contribution >= 0.6 is 11.6 Å². The number of aromatic nitrogens is 2. The summed E-state index contributed by atoms with van der Waals surface area (Å²) < 4.78 is 1.57. The molecule has 1 unspecified atom stereocenters. The van der Waals surface area contributed by atoms with Gasteiger partial charge in [-0.25, -0.2) is 4.79 Å². The van der Waals surface area contributed by atoms with Crippen molar-refractivity contribution in [2.24, 2.45) is 7.05 Å². The van der Waals surface area contributed by atoms with Gasteiger partial charge in [0.2, 0.25) is 5.91 Å². The van der Waals surface area contributed by atoms with Gasteiger partial charge in [-0.15, -0.1) is 11.6 Å². The number of fused-ring (bicyclic) bond motifs is 1. The maximum atomic E-state index is 11.8. The van der Waals surface area contributed by atoms with Gasteiger partial charge in [0.25, 0.3) is 0 Å². The Morgan fingerprint density at radius 2 is 2.17 bits per heavy atom. The number of alkyl halides is 1. The zero-order chi connectivity index (χ0) is 13.4. The average molecular weight is 272 g/mol. The quantitative estimate of drug-likeness (QED) is 0.801. The van der Waals surface area contributed by atoms with Crippen molar-refractivity contribution in [1.29, 1.82) is 0 Å². The van der Waals surface area contributed by atoms with E-state index in [4.69, 9.17) is 16.7 Å². The summed E-state index contributed by atoms with van der Waals surface area (Å²) >= 11 is 5.77. The van der Waals surface area contributed by atoms with Crippen molar-refractivity contribution in [3.8, 4) is 0 Å². The highest BCUT2D eigenvalue weighted by Gasteiger charge is 2.30. The Labute approximate surface area is 109 Å². The van der Waals surface area contributed by atoms with Gasteiger partial charge in [-0.2, -0.15) is 5.10 Å². The first-order valence-electron chi connectivity index (χ1n) is 5.62. The molecule has 1 aliphatic rings. The molecule has 2 heterocycles. The van der Waals surface area contributed by atoms with Crippen molar-refractivity contribution >= 4 is 23.5 Å². The van der Waals surface area contributed by atoms with E-state index >= 15 is 0 Å². The van der Waals surface area contributed by atoms with E-state index in [1.165, 1.54) is 0 Å². The summed E-state index contributed by atoms with van der Waals surface area (Å²) in [5, 5.41) is 12.5. The SMILES string of the molecule is CC(Cl)C(=O)N1CCc2c(c(C(=O)O)nn2C)C1. The highest BCUT2D eigenvalue weighted by Crippen LogP contribution is 2.23. The van der Waals surface area contributed by atoms with Gasteiger partial charge in [0.05, 0.1) is 0 Å². The minimum Gasteiger partial charge on any atom is -0.476 e. The number of hydrogen-bond acceptors (Lipinski definition) is 3. The number of aryl methyl sites for hydroxylation is 1.